The minimum Gasteiger partial charge on any atom is -0.478 e. The van der Waals surface area contributed by atoms with E-state index in [1.54, 1.807) is 24.3 Å². The van der Waals surface area contributed by atoms with Crippen molar-refractivity contribution < 1.29 is 14.7 Å². The highest BCUT2D eigenvalue weighted by Crippen LogP contribution is 2.16. The van der Waals surface area contributed by atoms with Gasteiger partial charge in [-0.2, -0.15) is 0 Å². The largest absolute Gasteiger partial charge is 0.478 e. The van der Waals surface area contributed by atoms with Crippen molar-refractivity contribution in [2.45, 2.75) is 0 Å². The van der Waals surface area contributed by atoms with E-state index in [0.717, 1.165) is 5.69 Å². The van der Waals surface area contributed by atoms with Gasteiger partial charge in [0.2, 0.25) is 0 Å². The Hall–Kier alpha value is -2.82. The molecular weight excluding hydrogens is 268 g/mol. The lowest BCUT2D eigenvalue weighted by Crippen LogP contribution is -2.13. The van der Waals surface area contributed by atoms with Gasteiger partial charge in [0, 0.05) is 31.0 Å². The summed E-state index contributed by atoms with van der Waals surface area (Å²) in [6.45, 7) is 0. The number of aromatic carboxylic acids is 1. The number of carbonyl (C=O) groups excluding carboxylic acids is 1. The van der Waals surface area contributed by atoms with E-state index in [4.69, 9.17) is 5.11 Å². The summed E-state index contributed by atoms with van der Waals surface area (Å²) in [6, 6.07) is 13.3. The molecule has 0 heterocycles. The Balaban J connectivity index is 2.14. The maximum atomic E-state index is 12.1. The SMILES string of the molecule is CN(C)c1ccc(NC(=O)c2cccc(C(=O)O)c2)cc1. The number of rotatable bonds is 4. The molecule has 1 amide bonds. The van der Waals surface area contributed by atoms with E-state index >= 15 is 0 Å². The molecule has 0 fully saturated rings. The van der Waals surface area contributed by atoms with E-state index in [1.807, 2.05) is 31.1 Å². The standard InChI is InChI=1S/C16H16N2O3/c1-18(2)14-8-6-13(7-9-14)17-15(19)11-4-3-5-12(10-11)16(20)21/h3-10H,1-2H3,(H,17,19)(H,20,21). The Kier molecular flexibility index (Phi) is 4.23. The third-order valence-electron chi connectivity index (χ3n) is 3.01. The highest BCUT2D eigenvalue weighted by atomic mass is 16.4. The van der Waals surface area contributed by atoms with Gasteiger partial charge in [-0.1, -0.05) is 6.07 Å². The van der Waals surface area contributed by atoms with Gasteiger partial charge in [-0.05, 0) is 42.5 Å². The molecule has 0 aliphatic heterocycles. The molecule has 0 aliphatic carbocycles. The number of nitrogens with zero attached hydrogens (tertiary/aromatic N) is 1. The van der Waals surface area contributed by atoms with E-state index < -0.39 is 5.97 Å². The lowest BCUT2D eigenvalue weighted by Gasteiger charge is -2.13. The third kappa shape index (κ3) is 3.60. The number of benzene rings is 2. The Morgan fingerprint density at radius 2 is 1.62 bits per heavy atom. The molecule has 0 saturated carbocycles. The van der Waals surface area contributed by atoms with Crippen LogP contribution in [0, 0.1) is 0 Å². The predicted molar refractivity (Wildman–Crippen MR) is 82.1 cm³/mol. The summed E-state index contributed by atoms with van der Waals surface area (Å²) >= 11 is 0. The zero-order chi connectivity index (χ0) is 15.4. The van der Waals surface area contributed by atoms with Crippen molar-refractivity contribution in [3.63, 3.8) is 0 Å². The molecule has 0 atom stereocenters. The maximum Gasteiger partial charge on any atom is 0.335 e. The van der Waals surface area contributed by atoms with E-state index in [0.29, 0.717) is 11.3 Å². The van der Waals surface area contributed by atoms with Gasteiger partial charge in [0.1, 0.15) is 0 Å². The summed E-state index contributed by atoms with van der Waals surface area (Å²) in [7, 11) is 3.87. The molecule has 2 aromatic rings. The Bertz CT molecular complexity index is 663. The monoisotopic (exact) mass is 284 g/mol. The first-order chi connectivity index (χ1) is 9.97. The lowest BCUT2D eigenvalue weighted by molar-refractivity contribution is 0.0697. The molecular formula is C16H16N2O3. The van der Waals surface area contributed by atoms with Crippen molar-refractivity contribution in [3.8, 4) is 0 Å². The molecule has 0 spiro atoms. The average molecular weight is 284 g/mol. The fourth-order valence-electron chi connectivity index (χ4n) is 1.84. The number of hydrogen-bond acceptors (Lipinski definition) is 3. The summed E-state index contributed by atoms with van der Waals surface area (Å²) in [5.41, 5.74) is 2.09. The van der Waals surface area contributed by atoms with Crippen molar-refractivity contribution >= 4 is 23.3 Å². The summed E-state index contributed by atoms with van der Waals surface area (Å²) in [6.07, 6.45) is 0. The fraction of sp³-hybridized carbons (Fsp3) is 0.125. The first-order valence-corrected chi connectivity index (χ1v) is 6.39. The molecule has 0 aliphatic rings. The number of carbonyl (C=O) groups is 2. The predicted octanol–water partition coefficient (Wildman–Crippen LogP) is 2.70. The van der Waals surface area contributed by atoms with E-state index in [2.05, 4.69) is 5.32 Å². The molecule has 2 aromatic carbocycles. The minimum atomic E-state index is -1.06. The smallest absolute Gasteiger partial charge is 0.335 e. The topological polar surface area (TPSA) is 69.6 Å². The van der Waals surface area contributed by atoms with E-state index in [1.165, 1.54) is 12.1 Å². The molecule has 0 unspecified atom stereocenters. The summed E-state index contributed by atoms with van der Waals surface area (Å²) in [5.74, 6) is -1.39. The highest BCUT2D eigenvalue weighted by molar-refractivity contribution is 6.05. The quantitative estimate of drug-likeness (QED) is 0.905. The molecule has 2 rings (SSSR count). The number of carboxylic acid groups (broad SMARTS) is 1. The number of amides is 1. The van der Waals surface area contributed by atoms with Crippen LogP contribution in [-0.4, -0.2) is 31.1 Å². The molecule has 0 aromatic heterocycles. The van der Waals surface area contributed by atoms with E-state index in [-0.39, 0.29) is 11.5 Å². The minimum absolute atomic E-state index is 0.0885. The first-order valence-electron chi connectivity index (χ1n) is 6.39. The number of carboxylic acids is 1. The normalized spacial score (nSPS) is 10.0. The molecule has 2 N–H and O–H groups in total. The average Bonchev–Trinajstić information content (AvgIpc) is 2.48. The zero-order valence-corrected chi connectivity index (χ0v) is 11.8. The van der Waals surface area contributed by atoms with Crippen LogP contribution in [0.5, 0.6) is 0 Å². The number of hydrogen-bond donors (Lipinski definition) is 2. The van der Waals surface area contributed by atoms with Gasteiger partial charge >= 0.3 is 5.97 Å². The van der Waals surface area contributed by atoms with Gasteiger partial charge in [-0.3, -0.25) is 4.79 Å². The summed E-state index contributed by atoms with van der Waals surface area (Å²) < 4.78 is 0. The fourth-order valence-corrected chi connectivity index (χ4v) is 1.84. The van der Waals surface area contributed by atoms with Gasteiger partial charge in [-0.25, -0.2) is 4.79 Å². The lowest BCUT2D eigenvalue weighted by atomic mass is 10.1. The van der Waals surface area contributed by atoms with E-state index in [9.17, 15) is 9.59 Å². The van der Waals surface area contributed by atoms with Gasteiger partial charge in [-0.15, -0.1) is 0 Å². The van der Waals surface area contributed by atoms with Gasteiger partial charge in [0.15, 0.2) is 0 Å². The molecule has 5 heteroatoms. The molecule has 0 bridgehead atoms. The van der Waals surface area contributed by atoms with Crippen LogP contribution in [-0.2, 0) is 0 Å². The third-order valence-corrected chi connectivity index (χ3v) is 3.01. The maximum absolute atomic E-state index is 12.1. The van der Waals surface area contributed by atoms with Gasteiger partial charge in [0.05, 0.1) is 5.56 Å². The van der Waals surface area contributed by atoms with Gasteiger partial charge in [0.25, 0.3) is 5.91 Å². The van der Waals surface area contributed by atoms with Crippen LogP contribution in [0.2, 0.25) is 0 Å². The van der Waals surface area contributed by atoms with Crippen LogP contribution >= 0.6 is 0 Å². The Morgan fingerprint density at radius 1 is 1.00 bits per heavy atom. The molecule has 0 radical (unpaired) electrons. The van der Waals surface area contributed by atoms with Crippen LogP contribution in [0.15, 0.2) is 48.5 Å². The van der Waals surface area contributed by atoms with Crippen molar-refractivity contribution in [1.82, 2.24) is 0 Å². The second kappa shape index (κ2) is 6.09. The Labute approximate surface area is 122 Å². The molecule has 5 nitrogen and oxygen atoms in total. The number of anilines is 2. The molecule has 0 saturated heterocycles. The highest BCUT2D eigenvalue weighted by Gasteiger charge is 2.09. The molecule has 21 heavy (non-hydrogen) atoms. The zero-order valence-electron chi connectivity index (χ0n) is 11.8. The van der Waals surface area contributed by atoms with Crippen molar-refractivity contribution in [2.24, 2.45) is 0 Å². The van der Waals surface area contributed by atoms with Crippen molar-refractivity contribution in [3.05, 3.63) is 59.7 Å². The number of nitrogens with one attached hydrogen (secondary N) is 1. The van der Waals surface area contributed by atoms with Crippen LogP contribution in [0.25, 0.3) is 0 Å². The second-order valence-electron chi connectivity index (χ2n) is 4.78. The summed E-state index contributed by atoms with van der Waals surface area (Å²) in [4.78, 5) is 25.0. The Morgan fingerprint density at radius 3 is 2.19 bits per heavy atom. The van der Waals surface area contributed by atoms with Crippen LogP contribution in [0.3, 0.4) is 0 Å². The van der Waals surface area contributed by atoms with Crippen LogP contribution in [0.1, 0.15) is 20.7 Å². The van der Waals surface area contributed by atoms with Crippen molar-refractivity contribution in [1.29, 1.82) is 0 Å². The molecule has 108 valence electrons. The first kappa shape index (κ1) is 14.6. The van der Waals surface area contributed by atoms with Gasteiger partial charge < -0.3 is 15.3 Å². The second-order valence-corrected chi connectivity index (χ2v) is 4.78. The van der Waals surface area contributed by atoms with Crippen LogP contribution < -0.4 is 10.2 Å². The summed E-state index contributed by atoms with van der Waals surface area (Å²) in [5, 5.41) is 11.7. The van der Waals surface area contributed by atoms with Crippen LogP contribution in [0.4, 0.5) is 11.4 Å². The van der Waals surface area contributed by atoms with Crippen molar-refractivity contribution in [2.75, 3.05) is 24.3 Å².